The van der Waals surface area contributed by atoms with E-state index in [9.17, 15) is 5.11 Å². The van der Waals surface area contributed by atoms with Gasteiger partial charge in [0, 0.05) is 0 Å². The Morgan fingerprint density at radius 3 is 2.85 bits per heavy atom. The molecule has 0 spiro atoms. The van der Waals surface area contributed by atoms with Crippen LogP contribution in [0.1, 0.15) is 18.4 Å². The molecule has 0 saturated heterocycles. The Balaban J connectivity index is 2.07. The van der Waals surface area contributed by atoms with E-state index in [1.165, 1.54) is 12.8 Å². The van der Waals surface area contributed by atoms with E-state index in [0.717, 1.165) is 18.1 Å². The van der Waals surface area contributed by atoms with Gasteiger partial charge in [-0.1, -0.05) is 12.1 Å². The van der Waals surface area contributed by atoms with E-state index in [-0.39, 0.29) is 5.75 Å². The highest BCUT2D eigenvalue weighted by Gasteiger charge is 2.22. The van der Waals surface area contributed by atoms with Crippen molar-refractivity contribution in [2.75, 3.05) is 6.61 Å². The molecule has 1 aromatic carbocycles. The molecular formula is C11H14O2. The molecule has 1 aliphatic carbocycles. The minimum atomic E-state index is 0.251. The smallest absolute Gasteiger partial charge is 0.163 e. The van der Waals surface area contributed by atoms with E-state index < -0.39 is 0 Å². The molecule has 0 radical (unpaired) electrons. The summed E-state index contributed by atoms with van der Waals surface area (Å²) in [6, 6.07) is 5.44. The molecule has 2 rings (SSSR count). The number of hydrogen-bond donors (Lipinski definition) is 1. The van der Waals surface area contributed by atoms with Gasteiger partial charge < -0.3 is 9.84 Å². The number of aromatic hydroxyl groups is 1. The largest absolute Gasteiger partial charge is 0.504 e. The predicted octanol–water partition coefficient (Wildman–Crippen LogP) is 2.49. The fourth-order valence-corrected chi connectivity index (χ4v) is 1.31. The molecule has 0 amide bonds. The maximum Gasteiger partial charge on any atom is 0.163 e. The van der Waals surface area contributed by atoms with Crippen molar-refractivity contribution in [1.29, 1.82) is 0 Å². The van der Waals surface area contributed by atoms with Crippen LogP contribution in [0.4, 0.5) is 0 Å². The number of hydrogen-bond acceptors (Lipinski definition) is 2. The lowest BCUT2D eigenvalue weighted by Gasteiger charge is -2.09. The second-order valence-corrected chi connectivity index (χ2v) is 3.68. The highest BCUT2D eigenvalue weighted by atomic mass is 16.5. The van der Waals surface area contributed by atoms with Gasteiger partial charge >= 0.3 is 0 Å². The molecule has 1 aromatic rings. The van der Waals surface area contributed by atoms with E-state index in [1.807, 2.05) is 19.1 Å². The highest BCUT2D eigenvalue weighted by molar-refractivity contribution is 5.44. The van der Waals surface area contributed by atoms with Crippen LogP contribution in [0.3, 0.4) is 0 Å². The van der Waals surface area contributed by atoms with Gasteiger partial charge in [-0.25, -0.2) is 0 Å². The van der Waals surface area contributed by atoms with E-state index in [0.29, 0.717) is 5.75 Å². The summed E-state index contributed by atoms with van der Waals surface area (Å²) < 4.78 is 5.54. The first kappa shape index (κ1) is 8.42. The Bertz CT molecular complexity index is 283. The van der Waals surface area contributed by atoms with Gasteiger partial charge in [-0.3, -0.25) is 0 Å². The molecule has 0 atom stereocenters. The Kier molecular flexibility index (Phi) is 2.13. The van der Waals surface area contributed by atoms with Crippen molar-refractivity contribution in [2.45, 2.75) is 19.8 Å². The molecule has 1 N–H and O–H groups in total. The first-order chi connectivity index (χ1) is 6.27. The summed E-state index contributed by atoms with van der Waals surface area (Å²) in [7, 11) is 0. The van der Waals surface area contributed by atoms with Crippen LogP contribution in [0.15, 0.2) is 18.2 Å². The third-order valence-corrected chi connectivity index (χ3v) is 2.35. The first-order valence-corrected chi connectivity index (χ1v) is 4.69. The Hall–Kier alpha value is -1.18. The third kappa shape index (κ3) is 1.94. The van der Waals surface area contributed by atoms with Crippen molar-refractivity contribution in [3.63, 3.8) is 0 Å². The van der Waals surface area contributed by atoms with Gasteiger partial charge in [0.15, 0.2) is 11.5 Å². The van der Waals surface area contributed by atoms with Crippen LogP contribution in [-0.4, -0.2) is 11.7 Å². The molecule has 1 saturated carbocycles. The normalized spacial score (nSPS) is 15.8. The summed E-state index contributed by atoms with van der Waals surface area (Å²) in [5.41, 5.74) is 1.00. The lowest BCUT2D eigenvalue weighted by Crippen LogP contribution is -2.00. The van der Waals surface area contributed by atoms with Crippen molar-refractivity contribution in [2.24, 2.45) is 5.92 Å². The molecule has 2 heteroatoms. The molecule has 0 aliphatic heterocycles. The predicted molar refractivity (Wildman–Crippen MR) is 51.1 cm³/mol. The Labute approximate surface area is 78.2 Å². The van der Waals surface area contributed by atoms with Crippen molar-refractivity contribution < 1.29 is 9.84 Å². The topological polar surface area (TPSA) is 29.5 Å². The SMILES string of the molecule is Cc1cccc(O)c1OCC1CC1. The standard InChI is InChI=1S/C11H14O2/c1-8-3-2-4-10(12)11(8)13-7-9-5-6-9/h2-4,9,12H,5-7H2,1H3. The number of aryl methyl sites for hydroxylation is 1. The average molecular weight is 178 g/mol. The Morgan fingerprint density at radius 1 is 1.46 bits per heavy atom. The lowest BCUT2D eigenvalue weighted by molar-refractivity contribution is 0.282. The van der Waals surface area contributed by atoms with Crippen LogP contribution >= 0.6 is 0 Å². The third-order valence-electron chi connectivity index (χ3n) is 2.35. The van der Waals surface area contributed by atoms with Crippen LogP contribution < -0.4 is 4.74 Å². The molecule has 0 unspecified atom stereocenters. The number of rotatable bonds is 3. The van der Waals surface area contributed by atoms with Gasteiger partial charge in [-0.15, -0.1) is 0 Å². The zero-order valence-corrected chi connectivity index (χ0v) is 7.79. The minimum Gasteiger partial charge on any atom is -0.504 e. The van der Waals surface area contributed by atoms with Crippen LogP contribution in [0, 0.1) is 12.8 Å². The molecule has 0 bridgehead atoms. The van der Waals surface area contributed by atoms with Crippen molar-refractivity contribution >= 4 is 0 Å². The number of phenolic OH excluding ortho intramolecular Hbond substituents is 1. The maximum absolute atomic E-state index is 9.50. The summed E-state index contributed by atoms with van der Waals surface area (Å²) in [5, 5.41) is 9.50. The van der Waals surface area contributed by atoms with Gasteiger partial charge in [0.1, 0.15) is 0 Å². The molecule has 1 fully saturated rings. The van der Waals surface area contributed by atoms with Crippen molar-refractivity contribution in [3.8, 4) is 11.5 Å². The van der Waals surface area contributed by atoms with E-state index in [1.54, 1.807) is 6.07 Å². The van der Waals surface area contributed by atoms with Crippen LogP contribution in [-0.2, 0) is 0 Å². The molecule has 1 aliphatic rings. The second kappa shape index (κ2) is 3.29. The fraction of sp³-hybridized carbons (Fsp3) is 0.455. The van der Waals surface area contributed by atoms with Gasteiger partial charge in [0.2, 0.25) is 0 Å². The number of ether oxygens (including phenoxy) is 1. The summed E-state index contributed by atoms with van der Waals surface area (Å²) in [6.45, 7) is 2.69. The number of benzene rings is 1. The first-order valence-electron chi connectivity index (χ1n) is 4.69. The van der Waals surface area contributed by atoms with Gasteiger partial charge in [-0.2, -0.15) is 0 Å². The zero-order valence-electron chi connectivity index (χ0n) is 7.79. The van der Waals surface area contributed by atoms with Gasteiger partial charge in [0.25, 0.3) is 0 Å². The van der Waals surface area contributed by atoms with Crippen LogP contribution in [0.5, 0.6) is 11.5 Å². The van der Waals surface area contributed by atoms with E-state index >= 15 is 0 Å². The Morgan fingerprint density at radius 2 is 2.23 bits per heavy atom. The van der Waals surface area contributed by atoms with E-state index in [4.69, 9.17) is 4.74 Å². The molecule has 70 valence electrons. The zero-order chi connectivity index (χ0) is 9.26. The van der Waals surface area contributed by atoms with Gasteiger partial charge in [0.05, 0.1) is 6.61 Å². The number of phenols is 1. The van der Waals surface area contributed by atoms with E-state index in [2.05, 4.69) is 0 Å². The summed E-state index contributed by atoms with van der Waals surface area (Å²) in [5.74, 6) is 1.62. The summed E-state index contributed by atoms with van der Waals surface area (Å²) >= 11 is 0. The summed E-state index contributed by atoms with van der Waals surface area (Å²) in [4.78, 5) is 0. The lowest BCUT2D eigenvalue weighted by atomic mass is 10.2. The van der Waals surface area contributed by atoms with Gasteiger partial charge in [-0.05, 0) is 37.3 Å². The molecular weight excluding hydrogens is 164 g/mol. The quantitative estimate of drug-likeness (QED) is 0.770. The van der Waals surface area contributed by atoms with Crippen LogP contribution in [0.2, 0.25) is 0 Å². The molecule has 13 heavy (non-hydrogen) atoms. The van der Waals surface area contributed by atoms with Crippen molar-refractivity contribution in [1.82, 2.24) is 0 Å². The molecule has 0 heterocycles. The monoisotopic (exact) mass is 178 g/mol. The maximum atomic E-state index is 9.50. The van der Waals surface area contributed by atoms with Crippen molar-refractivity contribution in [3.05, 3.63) is 23.8 Å². The second-order valence-electron chi connectivity index (χ2n) is 3.68. The summed E-state index contributed by atoms with van der Waals surface area (Å²) in [6.07, 6.45) is 2.54. The highest BCUT2D eigenvalue weighted by Crippen LogP contribution is 2.33. The molecule has 0 aromatic heterocycles. The molecule has 2 nitrogen and oxygen atoms in total. The number of para-hydroxylation sites is 1. The minimum absolute atomic E-state index is 0.251. The average Bonchev–Trinajstić information content (AvgIpc) is 2.87. The van der Waals surface area contributed by atoms with Crippen LogP contribution in [0.25, 0.3) is 0 Å². The fourth-order valence-electron chi connectivity index (χ4n) is 1.31.